The third kappa shape index (κ3) is 9.39. The number of ether oxygens (including phenoxy) is 3. The molecule has 51 heavy (non-hydrogen) atoms. The number of hydrogen-bond acceptors (Lipinski definition) is 7. The molecule has 6 rings (SSSR count). The van der Waals surface area contributed by atoms with Crippen LogP contribution in [0.5, 0.6) is 5.75 Å². The van der Waals surface area contributed by atoms with Crippen molar-refractivity contribution in [1.29, 1.82) is 0 Å². The van der Waals surface area contributed by atoms with Gasteiger partial charge in [0.05, 0.1) is 12.3 Å². The molecule has 3 heterocycles. The zero-order chi connectivity index (χ0) is 36.0. The number of methoxy groups -OCH3 is 1. The summed E-state index contributed by atoms with van der Waals surface area (Å²) in [5, 5.41) is 0.771. The summed E-state index contributed by atoms with van der Waals surface area (Å²) < 4.78 is 19.0. The second kappa shape index (κ2) is 17.6. The lowest BCUT2D eigenvalue weighted by Gasteiger charge is -2.52. The van der Waals surface area contributed by atoms with Gasteiger partial charge in [0, 0.05) is 76.2 Å². The molecular weight excluding hydrogens is 658 g/mol. The molecule has 0 bridgehead atoms. The number of aryl methyl sites for hydroxylation is 1. The number of hydrogen-bond donors (Lipinski definition) is 0. The minimum Gasteiger partial charge on any atom is -0.487 e. The summed E-state index contributed by atoms with van der Waals surface area (Å²) in [6.07, 6.45) is 12.5. The van der Waals surface area contributed by atoms with E-state index in [2.05, 4.69) is 65.8 Å². The topological polar surface area (TPSA) is 54.5 Å². The van der Waals surface area contributed by atoms with Crippen LogP contribution in [-0.4, -0.2) is 93.4 Å². The largest absolute Gasteiger partial charge is 0.487 e. The quantitative estimate of drug-likeness (QED) is 0.162. The van der Waals surface area contributed by atoms with Crippen molar-refractivity contribution in [3.05, 3.63) is 70.3 Å². The number of fused-ring (bicyclic) bond motifs is 2. The van der Waals surface area contributed by atoms with E-state index in [9.17, 15) is 4.79 Å². The Labute approximate surface area is 312 Å². The first-order chi connectivity index (χ1) is 24.7. The number of rotatable bonds is 12. The van der Waals surface area contributed by atoms with Crippen LogP contribution in [0, 0.1) is 23.7 Å². The predicted octanol–water partition coefficient (Wildman–Crippen LogP) is 8.32. The Morgan fingerprint density at radius 2 is 1.84 bits per heavy atom. The van der Waals surface area contributed by atoms with Gasteiger partial charge in [-0.3, -0.25) is 14.6 Å². The fraction of sp³-hybridized carbons (Fsp3) is 0.651. The lowest BCUT2D eigenvalue weighted by atomic mass is 9.63. The van der Waals surface area contributed by atoms with Gasteiger partial charge in [0.25, 0.3) is 0 Å². The van der Waals surface area contributed by atoms with E-state index in [-0.39, 0.29) is 11.4 Å². The maximum Gasteiger partial charge on any atom is 0.159 e. The molecule has 2 aromatic carbocycles. The van der Waals surface area contributed by atoms with Gasteiger partial charge in [-0.2, -0.15) is 0 Å². The third-order valence-corrected chi connectivity index (χ3v) is 12.8. The van der Waals surface area contributed by atoms with Crippen LogP contribution in [0.15, 0.2) is 48.6 Å². The molecule has 1 aliphatic carbocycles. The monoisotopic (exact) mass is 719 g/mol. The summed E-state index contributed by atoms with van der Waals surface area (Å²) in [5.74, 6) is 3.05. The summed E-state index contributed by atoms with van der Waals surface area (Å²) >= 11 is 6.42. The summed E-state index contributed by atoms with van der Waals surface area (Å²) in [4.78, 5) is 20.5. The van der Waals surface area contributed by atoms with Gasteiger partial charge in [0.1, 0.15) is 18.0 Å². The minimum absolute atomic E-state index is 0.0771. The molecule has 0 amide bonds. The van der Waals surface area contributed by atoms with Crippen molar-refractivity contribution < 1.29 is 19.0 Å². The number of halogens is 1. The Bertz CT molecular complexity index is 1480. The molecule has 3 fully saturated rings. The standard InChI is InChI=1S/C43H62ClN3O4/c1-31(2)32(3)9-8-18-43(49-5,30-45-20-22-46(23-21-45)39-17-24-50-29-39)40-15-12-36(40)27-47-19-7-6-10-35-25-38(44)14-11-37(35)28-51-42-16-13-34(33(4)48)26-41(42)47/h8,11,13-14,16,18,25-26,31-32,36,39-40H,6-7,9-10,12,15,17,19-24,27-30H2,1-5H3/b18-8+/t32-,36-,39+,40+,43?/m0/s1. The molecule has 2 saturated heterocycles. The average Bonchev–Trinajstić information content (AvgIpc) is 3.65. The van der Waals surface area contributed by atoms with Gasteiger partial charge in [0.2, 0.25) is 0 Å². The van der Waals surface area contributed by atoms with Gasteiger partial charge in [-0.1, -0.05) is 50.6 Å². The highest BCUT2D eigenvalue weighted by atomic mass is 35.5. The SMILES string of the molecule is COC(/C=C/C[C@H](C)C(C)C)(CN1CCN([C@@H]2CCOC2)CC1)[C@@H]1CC[C@H]1CN1CCCCc2cc(Cl)ccc2COc2ccc(C(C)=O)cc21. The van der Waals surface area contributed by atoms with Crippen molar-refractivity contribution in [2.24, 2.45) is 23.7 Å². The number of piperazine rings is 1. The number of carbonyl (C=O) groups is 1. The molecule has 1 unspecified atom stereocenters. The van der Waals surface area contributed by atoms with Gasteiger partial charge in [-0.05, 0) is 117 Å². The van der Waals surface area contributed by atoms with Crippen LogP contribution < -0.4 is 9.64 Å². The maximum absolute atomic E-state index is 12.6. The van der Waals surface area contributed by atoms with Crippen molar-refractivity contribution in [2.45, 2.75) is 90.9 Å². The summed E-state index contributed by atoms with van der Waals surface area (Å²) in [6.45, 7) is 18.0. The smallest absolute Gasteiger partial charge is 0.159 e. The summed E-state index contributed by atoms with van der Waals surface area (Å²) in [5.41, 5.74) is 3.84. The zero-order valence-corrected chi connectivity index (χ0v) is 32.6. The summed E-state index contributed by atoms with van der Waals surface area (Å²) in [7, 11) is 1.94. The van der Waals surface area contributed by atoms with Crippen LogP contribution in [0.25, 0.3) is 0 Å². The molecule has 8 heteroatoms. The molecule has 4 aliphatic rings. The molecule has 5 atom stereocenters. The highest BCUT2D eigenvalue weighted by Crippen LogP contribution is 2.47. The number of carbonyl (C=O) groups excluding carboxylic acids is 1. The minimum atomic E-state index is -0.353. The highest BCUT2D eigenvalue weighted by molar-refractivity contribution is 6.30. The van der Waals surface area contributed by atoms with E-state index in [1.165, 1.54) is 17.5 Å². The molecule has 1 saturated carbocycles. The van der Waals surface area contributed by atoms with Crippen molar-refractivity contribution in [3.8, 4) is 5.75 Å². The normalized spacial score (nSPS) is 25.4. The van der Waals surface area contributed by atoms with Crippen molar-refractivity contribution in [3.63, 3.8) is 0 Å². The molecule has 2 aromatic rings. The summed E-state index contributed by atoms with van der Waals surface area (Å²) in [6, 6.07) is 12.7. The van der Waals surface area contributed by atoms with E-state index >= 15 is 0 Å². The molecular formula is C43H62ClN3O4. The van der Waals surface area contributed by atoms with Crippen molar-refractivity contribution >= 4 is 23.1 Å². The van der Waals surface area contributed by atoms with Crippen LogP contribution in [-0.2, 0) is 22.5 Å². The van der Waals surface area contributed by atoms with Gasteiger partial charge in [0.15, 0.2) is 5.78 Å². The van der Waals surface area contributed by atoms with Gasteiger partial charge in [-0.15, -0.1) is 0 Å². The van der Waals surface area contributed by atoms with Crippen molar-refractivity contribution in [1.82, 2.24) is 9.80 Å². The first-order valence-electron chi connectivity index (χ1n) is 19.7. The molecule has 0 spiro atoms. The Kier molecular flexibility index (Phi) is 13.2. The lowest BCUT2D eigenvalue weighted by molar-refractivity contribution is -0.0963. The first kappa shape index (κ1) is 38.3. The second-order valence-corrected chi connectivity index (χ2v) is 16.6. The van der Waals surface area contributed by atoms with E-state index in [1.807, 2.05) is 25.3 Å². The number of Topliss-reactive ketones (excluding diaryl/α,β-unsaturated/α-hetero) is 1. The Morgan fingerprint density at radius 1 is 1.02 bits per heavy atom. The first-order valence-corrected chi connectivity index (χ1v) is 20.1. The fourth-order valence-electron chi connectivity index (χ4n) is 8.65. The fourth-order valence-corrected chi connectivity index (χ4v) is 8.84. The third-order valence-electron chi connectivity index (χ3n) is 12.6. The molecule has 7 nitrogen and oxygen atoms in total. The molecule has 280 valence electrons. The Morgan fingerprint density at radius 3 is 2.53 bits per heavy atom. The van der Waals surface area contributed by atoms with Gasteiger partial charge >= 0.3 is 0 Å². The predicted molar refractivity (Wildman–Crippen MR) is 208 cm³/mol. The average molecular weight is 720 g/mol. The lowest BCUT2D eigenvalue weighted by Crippen LogP contribution is -2.59. The molecule has 0 aromatic heterocycles. The van der Waals surface area contributed by atoms with E-state index in [1.54, 1.807) is 6.92 Å². The zero-order valence-electron chi connectivity index (χ0n) is 31.9. The number of anilines is 1. The Balaban J connectivity index is 1.24. The van der Waals surface area contributed by atoms with Crippen molar-refractivity contribution in [2.75, 3.05) is 71.0 Å². The molecule has 0 radical (unpaired) electrons. The van der Waals surface area contributed by atoms with Crippen LogP contribution in [0.2, 0.25) is 5.02 Å². The van der Waals surface area contributed by atoms with Crippen LogP contribution >= 0.6 is 11.6 Å². The van der Waals surface area contributed by atoms with E-state index in [4.69, 9.17) is 25.8 Å². The number of benzene rings is 2. The highest BCUT2D eigenvalue weighted by Gasteiger charge is 2.48. The number of allylic oxidation sites excluding steroid dienone is 1. The van der Waals surface area contributed by atoms with Crippen LogP contribution in [0.4, 0.5) is 5.69 Å². The maximum atomic E-state index is 12.6. The molecule has 0 N–H and O–H groups in total. The van der Waals surface area contributed by atoms with E-state index < -0.39 is 0 Å². The van der Waals surface area contributed by atoms with E-state index in [0.29, 0.717) is 36.3 Å². The van der Waals surface area contributed by atoms with Gasteiger partial charge in [-0.25, -0.2) is 0 Å². The van der Waals surface area contributed by atoms with Gasteiger partial charge < -0.3 is 19.1 Å². The molecule has 3 aliphatic heterocycles. The second-order valence-electron chi connectivity index (χ2n) is 16.1. The van der Waals surface area contributed by atoms with E-state index in [0.717, 1.165) is 120 Å². The Hall–Kier alpha value is -2.42. The van der Waals surface area contributed by atoms with Crippen LogP contribution in [0.3, 0.4) is 0 Å². The number of ketones is 1. The number of nitrogens with zero attached hydrogens (tertiary/aromatic N) is 3. The van der Waals surface area contributed by atoms with Crippen LogP contribution in [0.1, 0.15) is 87.7 Å².